The van der Waals surface area contributed by atoms with Gasteiger partial charge in [-0.1, -0.05) is 23.2 Å². The molecule has 1 aliphatic rings. The van der Waals surface area contributed by atoms with Crippen molar-refractivity contribution in [3.8, 4) is 0 Å². The van der Waals surface area contributed by atoms with E-state index >= 15 is 0 Å². The smallest absolute Gasteiger partial charge is 0.337 e. The molecule has 1 aromatic rings. The third-order valence-corrected chi connectivity index (χ3v) is 4.30. The van der Waals surface area contributed by atoms with Gasteiger partial charge in [0.2, 0.25) is 0 Å². The average molecular weight is 388 g/mol. The highest BCUT2D eigenvalue weighted by Crippen LogP contribution is 2.33. The number of nitrogens with zero attached hydrogens (tertiary/aromatic N) is 1. The Labute approximate surface area is 142 Å². The van der Waals surface area contributed by atoms with Crippen molar-refractivity contribution in [1.82, 2.24) is 15.8 Å². The first-order valence-electron chi connectivity index (χ1n) is 6.12. The zero-order valence-corrected chi connectivity index (χ0v) is 13.9. The van der Waals surface area contributed by atoms with Gasteiger partial charge in [-0.3, -0.25) is 9.63 Å². The fraction of sp³-hybridized carbons (Fsp3) is 0.364. The van der Waals surface area contributed by atoms with Gasteiger partial charge in [0.1, 0.15) is 5.66 Å². The van der Waals surface area contributed by atoms with Crippen molar-refractivity contribution in [1.29, 1.82) is 0 Å². The molecule has 1 aliphatic heterocycles. The molecule has 0 spiro atoms. The second-order valence-corrected chi connectivity index (χ2v) is 6.40. The molecule has 0 radical (unpaired) electrons. The molecule has 2 amide bonds. The van der Waals surface area contributed by atoms with E-state index in [0.29, 0.717) is 10.5 Å². The topological polar surface area (TPSA) is 96.5 Å². The second-order valence-electron chi connectivity index (χ2n) is 4.91. The van der Waals surface area contributed by atoms with Gasteiger partial charge >= 0.3 is 12.6 Å². The highest BCUT2D eigenvalue weighted by molar-refractivity contribution is 7.80. The predicted molar refractivity (Wildman–Crippen MR) is 80.6 cm³/mol. The van der Waals surface area contributed by atoms with Crippen molar-refractivity contribution in [3.63, 3.8) is 0 Å². The quantitative estimate of drug-likeness (QED) is 0.532. The minimum absolute atomic E-state index is 0.0453. The number of benzene rings is 1. The molecule has 23 heavy (non-hydrogen) atoms. The van der Waals surface area contributed by atoms with Gasteiger partial charge in [0.15, 0.2) is 0 Å². The van der Waals surface area contributed by atoms with Crippen LogP contribution in [0.2, 0.25) is 10.0 Å². The van der Waals surface area contributed by atoms with Crippen molar-refractivity contribution < 1.29 is 22.3 Å². The molecule has 2 atom stereocenters. The molecule has 2 unspecified atom stereocenters. The number of nitrogens with one attached hydrogen (secondary N) is 3. The molecular weight excluding hydrogens is 377 g/mol. The van der Waals surface area contributed by atoms with E-state index in [-0.39, 0.29) is 22.2 Å². The maximum atomic E-state index is 13.1. The number of rotatable bonds is 5. The molecule has 1 aromatic carbocycles. The van der Waals surface area contributed by atoms with E-state index in [2.05, 4.69) is 15.6 Å². The van der Waals surface area contributed by atoms with Crippen molar-refractivity contribution in [2.45, 2.75) is 25.6 Å². The molecule has 1 heterocycles. The summed E-state index contributed by atoms with van der Waals surface area (Å²) in [7, 11) is 0. The summed E-state index contributed by atoms with van der Waals surface area (Å²) >= 11 is 9.29. The van der Waals surface area contributed by atoms with Crippen LogP contribution >= 0.6 is 23.2 Å². The van der Waals surface area contributed by atoms with Crippen LogP contribution in [0.3, 0.4) is 0 Å². The Kier molecular flexibility index (Phi) is 5.31. The number of hydrogen-bond donors (Lipinski definition) is 3. The number of hydrazine groups is 1. The molecule has 7 nitrogen and oxygen atoms in total. The van der Waals surface area contributed by atoms with Crippen LogP contribution < -0.4 is 15.6 Å². The van der Waals surface area contributed by atoms with E-state index in [1.54, 1.807) is 0 Å². The Bertz CT molecular complexity index is 666. The molecule has 1 fully saturated rings. The number of anilines is 1. The van der Waals surface area contributed by atoms with E-state index < -0.39 is 29.5 Å². The van der Waals surface area contributed by atoms with Gasteiger partial charge in [0.05, 0.1) is 10.7 Å². The summed E-state index contributed by atoms with van der Waals surface area (Å²) in [5.41, 5.74) is 3.49. The van der Waals surface area contributed by atoms with Crippen LogP contribution in [-0.2, 0) is 17.7 Å². The SMILES string of the molecule is CC1(Cc2cc(NS(=O)[O-])c(Cl)cc2Cl)NNC(=O)N1C(F)F. The highest BCUT2D eigenvalue weighted by atomic mass is 35.5. The Hall–Kier alpha value is -1.20. The molecule has 3 N–H and O–H groups in total. The fourth-order valence-corrected chi connectivity index (χ4v) is 3.14. The van der Waals surface area contributed by atoms with Crippen LogP contribution in [0.5, 0.6) is 0 Å². The van der Waals surface area contributed by atoms with Gasteiger partial charge < -0.3 is 9.27 Å². The van der Waals surface area contributed by atoms with Gasteiger partial charge in [0, 0.05) is 22.7 Å². The van der Waals surface area contributed by atoms with Crippen molar-refractivity contribution >= 4 is 46.2 Å². The lowest BCUT2D eigenvalue weighted by molar-refractivity contribution is -0.0453. The molecule has 0 bridgehead atoms. The van der Waals surface area contributed by atoms with Crippen LogP contribution in [-0.4, -0.2) is 31.9 Å². The molecule has 128 valence electrons. The minimum atomic E-state index is -3.03. The largest absolute Gasteiger partial charge is 0.755 e. The van der Waals surface area contributed by atoms with E-state index in [4.69, 9.17) is 23.2 Å². The van der Waals surface area contributed by atoms with E-state index in [1.165, 1.54) is 19.1 Å². The maximum absolute atomic E-state index is 13.1. The molecular formula is C11H11Cl2F2N4O3S-. The van der Waals surface area contributed by atoms with Crippen molar-refractivity contribution in [3.05, 3.63) is 27.7 Å². The summed E-state index contributed by atoms with van der Waals surface area (Å²) in [4.78, 5) is 11.8. The molecule has 1 saturated heterocycles. The number of halogens is 4. The fourth-order valence-electron chi connectivity index (χ4n) is 2.23. The highest BCUT2D eigenvalue weighted by Gasteiger charge is 2.46. The summed E-state index contributed by atoms with van der Waals surface area (Å²) in [6.07, 6.45) is -0.119. The monoisotopic (exact) mass is 387 g/mol. The van der Waals surface area contributed by atoms with Gasteiger partial charge in [-0.2, -0.15) is 8.78 Å². The molecule has 12 heteroatoms. The van der Waals surface area contributed by atoms with E-state index in [9.17, 15) is 22.3 Å². The van der Waals surface area contributed by atoms with Crippen LogP contribution in [0.15, 0.2) is 12.1 Å². The van der Waals surface area contributed by atoms with Crippen molar-refractivity contribution in [2.75, 3.05) is 4.72 Å². The lowest BCUT2D eigenvalue weighted by Gasteiger charge is -2.32. The normalized spacial score (nSPS) is 22.4. The number of alkyl halides is 2. The van der Waals surface area contributed by atoms with Gasteiger partial charge in [-0.25, -0.2) is 15.1 Å². The first kappa shape index (κ1) is 18.1. The third-order valence-electron chi connectivity index (χ3n) is 3.25. The third kappa shape index (κ3) is 3.83. The number of carbonyl (C=O) groups excluding carboxylic acids is 1. The summed E-state index contributed by atoms with van der Waals surface area (Å²) < 4.78 is 49.7. The molecule has 0 aliphatic carbocycles. The van der Waals surface area contributed by atoms with Crippen LogP contribution in [0.4, 0.5) is 19.3 Å². The first-order chi connectivity index (χ1) is 10.6. The summed E-state index contributed by atoms with van der Waals surface area (Å²) in [6, 6.07) is 1.62. The maximum Gasteiger partial charge on any atom is 0.337 e. The van der Waals surface area contributed by atoms with Gasteiger partial charge in [0.25, 0.3) is 0 Å². The Morgan fingerprint density at radius 2 is 2.09 bits per heavy atom. The van der Waals surface area contributed by atoms with E-state index in [1.807, 2.05) is 0 Å². The Balaban J connectivity index is 2.35. The molecule has 0 saturated carbocycles. The molecule has 0 aromatic heterocycles. The van der Waals surface area contributed by atoms with Crippen LogP contribution in [0.1, 0.15) is 12.5 Å². The van der Waals surface area contributed by atoms with Crippen LogP contribution in [0, 0.1) is 0 Å². The number of amides is 2. The minimum Gasteiger partial charge on any atom is -0.755 e. The molecule has 2 rings (SSSR count). The lowest BCUT2D eigenvalue weighted by Crippen LogP contribution is -2.53. The predicted octanol–water partition coefficient (Wildman–Crippen LogP) is 2.21. The van der Waals surface area contributed by atoms with Crippen molar-refractivity contribution in [2.24, 2.45) is 0 Å². The Morgan fingerprint density at radius 1 is 1.43 bits per heavy atom. The first-order valence-corrected chi connectivity index (χ1v) is 7.95. The second kappa shape index (κ2) is 6.73. The lowest BCUT2D eigenvalue weighted by atomic mass is 10.0. The van der Waals surface area contributed by atoms with Gasteiger partial charge in [-0.05, 0) is 24.6 Å². The zero-order valence-electron chi connectivity index (χ0n) is 11.5. The average Bonchev–Trinajstić information content (AvgIpc) is 2.70. The van der Waals surface area contributed by atoms with E-state index in [0.717, 1.165) is 0 Å². The number of carbonyl (C=O) groups is 1. The summed E-state index contributed by atoms with van der Waals surface area (Å²) in [5, 5.41) is 0.196. The van der Waals surface area contributed by atoms with Crippen LogP contribution in [0.25, 0.3) is 0 Å². The Morgan fingerprint density at radius 3 is 2.65 bits per heavy atom. The summed E-state index contributed by atoms with van der Waals surface area (Å²) in [5.74, 6) is 0. The standard InChI is InChI=1S/C11H12Cl2F2N4O3S/c1-11(18-16-10(20)19(11)9(14)15)4-5-2-8(17-23(21)22)7(13)3-6(5)12/h2-3,9,17-18H,4H2,1H3,(H,16,20)(H,21,22)/p-1. The summed E-state index contributed by atoms with van der Waals surface area (Å²) in [6.45, 7) is -1.66. The number of hydrogen-bond acceptors (Lipinski definition) is 4. The van der Waals surface area contributed by atoms with Gasteiger partial charge in [-0.15, -0.1) is 0 Å². The number of urea groups is 1. The zero-order chi connectivity index (χ0) is 17.4.